The summed E-state index contributed by atoms with van der Waals surface area (Å²) in [7, 11) is 0. The van der Waals surface area contributed by atoms with Crippen LogP contribution in [-0.2, 0) is 19.1 Å². The quantitative estimate of drug-likeness (QED) is 0.729. The average molecular weight is 418 g/mol. The minimum Gasteiger partial charge on any atom is -0.491 e. The van der Waals surface area contributed by atoms with Gasteiger partial charge in [-0.15, -0.1) is 0 Å². The summed E-state index contributed by atoms with van der Waals surface area (Å²) >= 11 is 0. The maximum absolute atomic E-state index is 13.8. The lowest BCUT2D eigenvalue weighted by molar-refractivity contribution is -0.147. The molecule has 0 saturated carbocycles. The van der Waals surface area contributed by atoms with Crippen LogP contribution in [0.5, 0.6) is 5.75 Å². The number of hydrogen-bond acceptors (Lipinski definition) is 5. The topological polar surface area (TPSA) is 84.9 Å². The molecule has 0 aliphatic carbocycles. The third kappa shape index (κ3) is 5.11. The molecule has 0 aromatic heterocycles. The first kappa shape index (κ1) is 21.2. The molecule has 0 fully saturated rings. The van der Waals surface area contributed by atoms with Crippen molar-refractivity contribution < 1.29 is 32.6 Å². The zero-order valence-corrected chi connectivity index (χ0v) is 16.2. The van der Waals surface area contributed by atoms with E-state index in [-0.39, 0.29) is 31.0 Å². The number of carbonyl (C=O) groups is 3. The molecule has 7 nitrogen and oxygen atoms in total. The van der Waals surface area contributed by atoms with Crippen molar-refractivity contribution in [2.75, 3.05) is 24.7 Å². The highest BCUT2D eigenvalue weighted by atomic mass is 19.1. The first-order valence-electron chi connectivity index (χ1n) is 9.27. The fraction of sp³-hybridized carbons (Fsp3) is 0.286. The van der Waals surface area contributed by atoms with Gasteiger partial charge in [-0.25, -0.2) is 8.78 Å². The van der Waals surface area contributed by atoms with Crippen LogP contribution < -0.4 is 15.0 Å². The van der Waals surface area contributed by atoms with E-state index in [9.17, 15) is 23.2 Å². The van der Waals surface area contributed by atoms with Crippen LogP contribution in [0.25, 0.3) is 0 Å². The van der Waals surface area contributed by atoms with Gasteiger partial charge in [0.15, 0.2) is 6.61 Å². The summed E-state index contributed by atoms with van der Waals surface area (Å²) in [6.07, 6.45) is 0.100. The van der Waals surface area contributed by atoms with Crippen LogP contribution in [0.3, 0.4) is 0 Å². The highest BCUT2D eigenvalue weighted by Gasteiger charge is 2.26. The highest BCUT2D eigenvalue weighted by Crippen LogP contribution is 2.30. The third-order valence-corrected chi connectivity index (χ3v) is 4.49. The van der Waals surface area contributed by atoms with Crippen LogP contribution in [0.1, 0.15) is 24.9 Å². The van der Waals surface area contributed by atoms with Crippen molar-refractivity contribution in [3.05, 3.63) is 59.7 Å². The first-order valence-corrected chi connectivity index (χ1v) is 9.27. The second-order valence-electron chi connectivity index (χ2n) is 6.66. The second-order valence-corrected chi connectivity index (χ2v) is 6.66. The number of carbonyl (C=O) groups excluding carboxylic acids is 3. The van der Waals surface area contributed by atoms with Gasteiger partial charge in [0.25, 0.3) is 5.91 Å². The van der Waals surface area contributed by atoms with E-state index in [1.807, 2.05) is 0 Å². The molecule has 9 heteroatoms. The summed E-state index contributed by atoms with van der Waals surface area (Å²) in [6.45, 7) is 0.727. The minimum absolute atomic E-state index is 0.0999. The fourth-order valence-corrected chi connectivity index (χ4v) is 3.03. The van der Waals surface area contributed by atoms with Crippen molar-refractivity contribution in [1.29, 1.82) is 0 Å². The first-order chi connectivity index (χ1) is 14.3. The number of ether oxygens (including phenoxy) is 2. The van der Waals surface area contributed by atoms with Gasteiger partial charge in [-0.2, -0.15) is 0 Å². The zero-order valence-electron chi connectivity index (χ0n) is 16.2. The number of anilines is 1. The Morgan fingerprint density at radius 3 is 2.77 bits per heavy atom. The maximum Gasteiger partial charge on any atom is 0.326 e. The average Bonchev–Trinajstić information content (AvgIpc) is 2.85. The molecule has 0 spiro atoms. The van der Waals surface area contributed by atoms with Crippen LogP contribution in [0.2, 0.25) is 0 Å². The normalized spacial score (nSPS) is 14.2. The van der Waals surface area contributed by atoms with Gasteiger partial charge in [0.1, 0.15) is 23.9 Å². The molecule has 1 aliphatic rings. The molecule has 0 radical (unpaired) electrons. The maximum atomic E-state index is 13.8. The van der Waals surface area contributed by atoms with Gasteiger partial charge in [0.05, 0.1) is 24.8 Å². The van der Waals surface area contributed by atoms with E-state index in [1.165, 1.54) is 17.9 Å². The summed E-state index contributed by atoms with van der Waals surface area (Å²) in [5, 5.41) is 2.47. The molecule has 1 heterocycles. The van der Waals surface area contributed by atoms with Crippen LogP contribution in [-0.4, -0.2) is 37.5 Å². The zero-order chi connectivity index (χ0) is 21.7. The van der Waals surface area contributed by atoms with Crippen molar-refractivity contribution in [2.45, 2.75) is 19.4 Å². The van der Waals surface area contributed by atoms with Gasteiger partial charge in [-0.05, 0) is 25.1 Å². The van der Waals surface area contributed by atoms with Crippen molar-refractivity contribution >= 4 is 23.5 Å². The predicted molar refractivity (Wildman–Crippen MR) is 103 cm³/mol. The van der Waals surface area contributed by atoms with E-state index in [4.69, 9.17) is 9.47 Å². The lowest BCUT2D eigenvalue weighted by Crippen LogP contribution is -2.38. The molecule has 0 bridgehead atoms. The Kier molecular flexibility index (Phi) is 6.61. The Morgan fingerprint density at radius 1 is 1.23 bits per heavy atom. The van der Waals surface area contributed by atoms with Crippen molar-refractivity contribution in [2.24, 2.45) is 0 Å². The number of fused-ring (bicyclic) bond motifs is 1. The Labute approximate surface area is 171 Å². The number of esters is 1. The van der Waals surface area contributed by atoms with E-state index < -0.39 is 36.2 Å². The number of halogens is 2. The summed E-state index contributed by atoms with van der Waals surface area (Å²) in [5.74, 6) is -2.79. The number of hydrogen-bond donors (Lipinski definition) is 1. The Hall–Kier alpha value is -3.49. The van der Waals surface area contributed by atoms with Crippen molar-refractivity contribution in [3.63, 3.8) is 0 Å². The molecule has 2 amide bonds. The monoisotopic (exact) mass is 418 g/mol. The summed E-state index contributed by atoms with van der Waals surface area (Å²) in [6, 6.07) is 9.08. The number of nitrogens with zero attached hydrogens (tertiary/aromatic N) is 1. The van der Waals surface area contributed by atoms with Gasteiger partial charge in [0, 0.05) is 11.6 Å². The molecular weight excluding hydrogens is 398 g/mol. The van der Waals surface area contributed by atoms with Crippen LogP contribution >= 0.6 is 0 Å². The number of benzene rings is 2. The van der Waals surface area contributed by atoms with Crippen LogP contribution in [0, 0.1) is 11.6 Å². The van der Waals surface area contributed by atoms with Gasteiger partial charge in [-0.1, -0.05) is 18.2 Å². The van der Waals surface area contributed by atoms with Gasteiger partial charge in [0.2, 0.25) is 5.91 Å². The summed E-state index contributed by atoms with van der Waals surface area (Å²) in [4.78, 5) is 37.8. The van der Waals surface area contributed by atoms with Gasteiger partial charge in [-0.3, -0.25) is 19.3 Å². The van der Waals surface area contributed by atoms with E-state index in [0.29, 0.717) is 11.4 Å². The second kappa shape index (κ2) is 9.34. The lowest BCUT2D eigenvalue weighted by atomic mass is 10.1. The Balaban J connectivity index is 1.55. The van der Waals surface area contributed by atoms with E-state index in [0.717, 1.165) is 12.1 Å². The van der Waals surface area contributed by atoms with Crippen molar-refractivity contribution in [1.82, 2.24) is 5.32 Å². The largest absolute Gasteiger partial charge is 0.491 e. The van der Waals surface area contributed by atoms with Crippen LogP contribution in [0.4, 0.5) is 14.5 Å². The predicted octanol–water partition coefficient (Wildman–Crippen LogP) is 2.50. The molecule has 2 aromatic carbocycles. The van der Waals surface area contributed by atoms with Gasteiger partial charge >= 0.3 is 5.97 Å². The van der Waals surface area contributed by atoms with Gasteiger partial charge < -0.3 is 14.8 Å². The van der Waals surface area contributed by atoms with Crippen LogP contribution in [0.15, 0.2) is 42.5 Å². The number of amides is 2. The molecule has 3 rings (SSSR count). The van der Waals surface area contributed by atoms with E-state index >= 15 is 0 Å². The molecule has 0 unspecified atom stereocenters. The summed E-state index contributed by atoms with van der Waals surface area (Å²) < 4.78 is 37.2. The van der Waals surface area contributed by atoms with E-state index in [2.05, 4.69) is 5.32 Å². The third-order valence-electron chi connectivity index (χ3n) is 4.49. The lowest BCUT2D eigenvalue weighted by Gasteiger charge is -2.21. The SMILES string of the molecule is C[C@H](NC(=O)COC(=O)CN1C(=O)CCOc2ccccc21)c1ccc(F)cc1F. The Morgan fingerprint density at radius 2 is 2.00 bits per heavy atom. The molecule has 158 valence electrons. The molecule has 1 aliphatic heterocycles. The standard InChI is InChI=1S/C21H20F2N2O5/c1-13(15-7-6-14(22)10-16(15)23)24-19(26)12-30-21(28)11-25-17-4-2-3-5-18(17)29-9-8-20(25)27/h2-7,10,13H,8-9,11-12H2,1H3,(H,24,26)/t13-/m0/s1. The molecule has 30 heavy (non-hydrogen) atoms. The molecule has 0 saturated heterocycles. The summed E-state index contributed by atoms with van der Waals surface area (Å²) in [5.41, 5.74) is 0.546. The number of rotatable bonds is 6. The molecule has 1 atom stereocenters. The number of nitrogens with one attached hydrogen (secondary N) is 1. The smallest absolute Gasteiger partial charge is 0.326 e. The van der Waals surface area contributed by atoms with Crippen molar-refractivity contribution in [3.8, 4) is 5.75 Å². The van der Waals surface area contributed by atoms with E-state index in [1.54, 1.807) is 24.3 Å². The molecule has 2 aromatic rings. The number of para-hydroxylation sites is 2. The minimum atomic E-state index is -0.791. The Bertz CT molecular complexity index is 966. The highest BCUT2D eigenvalue weighted by molar-refractivity contribution is 5.99. The fourth-order valence-electron chi connectivity index (χ4n) is 3.03. The molecular formula is C21H20F2N2O5. The molecule has 1 N–H and O–H groups in total.